The Morgan fingerprint density at radius 2 is 2.00 bits per heavy atom. The number of halogens is 3. The van der Waals surface area contributed by atoms with Crippen molar-refractivity contribution in [1.82, 2.24) is 0 Å². The van der Waals surface area contributed by atoms with Gasteiger partial charge in [-0.05, 0) is 33.6 Å². The van der Waals surface area contributed by atoms with Crippen LogP contribution in [0.3, 0.4) is 0 Å². The summed E-state index contributed by atoms with van der Waals surface area (Å²) in [5.74, 6) is -0.352. The Kier molecular flexibility index (Phi) is 4.23. The first-order valence-corrected chi connectivity index (χ1v) is 5.30. The Labute approximate surface area is 100 Å². The molecule has 0 radical (unpaired) electrons. The number of hydrogen-bond acceptors (Lipinski definition) is 2. The molecule has 2 nitrogen and oxygen atoms in total. The average Bonchev–Trinajstić information content (AvgIpc) is 2.18. The lowest BCUT2D eigenvalue weighted by Crippen LogP contribution is -2.05. The molecule has 0 saturated heterocycles. The van der Waals surface area contributed by atoms with Crippen LogP contribution in [0.4, 0.5) is 0 Å². The van der Waals surface area contributed by atoms with Gasteiger partial charge in [0.1, 0.15) is 0 Å². The van der Waals surface area contributed by atoms with Gasteiger partial charge in [-0.3, -0.25) is 4.79 Å². The van der Waals surface area contributed by atoms with E-state index in [4.69, 9.17) is 23.2 Å². The van der Waals surface area contributed by atoms with E-state index in [0.29, 0.717) is 20.1 Å². The predicted octanol–water partition coefficient (Wildman–Crippen LogP) is 3.47. The molecule has 0 aliphatic rings. The molecule has 0 amide bonds. The maximum absolute atomic E-state index is 11.1. The smallest absolute Gasteiger partial charge is 0.310 e. The standard InChI is InChI=1S/C9H7BrCl2O2/c1-14-8(13)4-5-6(11)2-3-7(12)9(5)10/h2-3H,4H2,1H3. The van der Waals surface area contributed by atoms with E-state index in [1.54, 1.807) is 12.1 Å². The predicted molar refractivity (Wildman–Crippen MR) is 59.9 cm³/mol. The highest BCUT2D eigenvalue weighted by atomic mass is 79.9. The molecule has 14 heavy (non-hydrogen) atoms. The molecule has 0 aliphatic heterocycles. The zero-order valence-corrected chi connectivity index (χ0v) is 10.4. The fraction of sp³-hybridized carbons (Fsp3) is 0.222. The molecule has 0 aromatic heterocycles. The van der Waals surface area contributed by atoms with Crippen LogP contribution < -0.4 is 0 Å². The summed E-state index contributed by atoms with van der Waals surface area (Å²) in [7, 11) is 1.33. The van der Waals surface area contributed by atoms with E-state index < -0.39 is 0 Å². The van der Waals surface area contributed by atoms with Gasteiger partial charge in [0.2, 0.25) is 0 Å². The molecule has 1 aromatic rings. The van der Waals surface area contributed by atoms with Gasteiger partial charge in [0.25, 0.3) is 0 Å². The third kappa shape index (κ3) is 2.62. The molecule has 0 N–H and O–H groups in total. The lowest BCUT2D eigenvalue weighted by atomic mass is 10.1. The topological polar surface area (TPSA) is 26.3 Å². The lowest BCUT2D eigenvalue weighted by Gasteiger charge is -2.07. The number of methoxy groups -OCH3 is 1. The maximum atomic E-state index is 11.1. The van der Waals surface area contributed by atoms with Gasteiger partial charge >= 0.3 is 5.97 Å². The van der Waals surface area contributed by atoms with Crippen molar-refractivity contribution < 1.29 is 9.53 Å². The Balaban J connectivity index is 3.06. The minimum Gasteiger partial charge on any atom is -0.469 e. The third-order valence-corrected chi connectivity index (χ3v) is 3.49. The van der Waals surface area contributed by atoms with Crippen molar-refractivity contribution in [3.8, 4) is 0 Å². The van der Waals surface area contributed by atoms with Crippen molar-refractivity contribution in [3.05, 3.63) is 32.2 Å². The van der Waals surface area contributed by atoms with E-state index in [2.05, 4.69) is 20.7 Å². The number of carbonyl (C=O) groups is 1. The summed E-state index contributed by atoms with van der Waals surface area (Å²) in [5, 5.41) is 1.01. The third-order valence-electron chi connectivity index (χ3n) is 1.69. The lowest BCUT2D eigenvalue weighted by molar-refractivity contribution is -0.139. The highest BCUT2D eigenvalue weighted by Crippen LogP contribution is 2.32. The van der Waals surface area contributed by atoms with Crippen LogP contribution in [0, 0.1) is 0 Å². The van der Waals surface area contributed by atoms with Crippen molar-refractivity contribution in [2.24, 2.45) is 0 Å². The van der Waals surface area contributed by atoms with E-state index in [-0.39, 0.29) is 12.4 Å². The van der Waals surface area contributed by atoms with Crippen LogP contribution in [0.2, 0.25) is 10.0 Å². The summed E-state index contributed by atoms with van der Waals surface area (Å²) in [4.78, 5) is 11.1. The molecule has 76 valence electrons. The number of hydrogen-bond donors (Lipinski definition) is 0. The van der Waals surface area contributed by atoms with Crippen molar-refractivity contribution >= 4 is 45.1 Å². The van der Waals surface area contributed by atoms with Crippen LogP contribution in [0.15, 0.2) is 16.6 Å². The van der Waals surface area contributed by atoms with E-state index >= 15 is 0 Å². The van der Waals surface area contributed by atoms with Gasteiger partial charge in [0, 0.05) is 9.50 Å². The molecule has 0 saturated carbocycles. The SMILES string of the molecule is COC(=O)Cc1c(Cl)ccc(Cl)c1Br. The largest absolute Gasteiger partial charge is 0.469 e. The average molecular weight is 298 g/mol. The highest BCUT2D eigenvalue weighted by Gasteiger charge is 2.13. The first-order valence-electron chi connectivity index (χ1n) is 3.75. The number of benzene rings is 1. The molecule has 0 bridgehead atoms. The Hall–Kier alpha value is -0.250. The fourth-order valence-corrected chi connectivity index (χ4v) is 1.95. The van der Waals surface area contributed by atoms with Gasteiger partial charge in [-0.1, -0.05) is 23.2 Å². The number of rotatable bonds is 2. The second-order valence-corrected chi connectivity index (χ2v) is 4.18. The van der Waals surface area contributed by atoms with Crippen molar-refractivity contribution in [1.29, 1.82) is 0 Å². The Bertz CT molecular complexity index is 366. The van der Waals surface area contributed by atoms with Gasteiger partial charge in [-0.15, -0.1) is 0 Å². The van der Waals surface area contributed by atoms with Gasteiger partial charge in [0.15, 0.2) is 0 Å². The summed E-state index contributed by atoms with van der Waals surface area (Å²) in [6.07, 6.45) is 0.108. The van der Waals surface area contributed by atoms with Gasteiger partial charge in [0.05, 0.1) is 18.6 Å². The Morgan fingerprint density at radius 3 is 2.57 bits per heavy atom. The first kappa shape index (κ1) is 11.8. The first-order chi connectivity index (χ1) is 6.56. The summed E-state index contributed by atoms with van der Waals surface area (Å²) >= 11 is 15.0. The monoisotopic (exact) mass is 296 g/mol. The van der Waals surface area contributed by atoms with Crippen LogP contribution in [-0.2, 0) is 16.0 Å². The second-order valence-electron chi connectivity index (χ2n) is 2.57. The van der Waals surface area contributed by atoms with E-state index in [1.165, 1.54) is 7.11 Å². The van der Waals surface area contributed by atoms with Crippen LogP contribution in [-0.4, -0.2) is 13.1 Å². The van der Waals surface area contributed by atoms with E-state index in [9.17, 15) is 4.79 Å². The fourth-order valence-electron chi connectivity index (χ4n) is 0.948. The zero-order valence-electron chi connectivity index (χ0n) is 7.31. The highest BCUT2D eigenvalue weighted by molar-refractivity contribution is 9.10. The summed E-state index contributed by atoms with van der Waals surface area (Å²) in [5.41, 5.74) is 0.644. The minimum atomic E-state index is -0.352. The van der Waals surface area contributed by atoms with Crippen molar-refractivity contribution in [2.75, 3.05) is 7.11 Å². The molecule has 0 heterocycles. The molecule has 0 aliphatic carbocycles. The summed E-state index contributed by atoms with van der Waals surface area (Å²) in [6, 6.07) is 3.31. The molecule has 0 unspecified atom stereocenters. The van der Waals surface area contributed by atoms with Crippen LogP contribution in [0.1, 0.15) is 5.56 Å². The molecule has 0 spiro atoms. The van der Waals surface area contributed by atoms with E-state index in [0.717, 1.165) is 0 Å². The normalized spacial score (nSPS) is 10.0. The molecular formula is C9H7BrCl2O2. The molecule has 0 fully saturated rings. The summed E-state index contributed by atoms with van der Waals surface area (Å²) < 4.78 is 5.18. The van der Waals surface area contributed by atoms with Crippen molar-refractivity contribution in [3.63, 3.8) is 0 Å². The minimum absolute atomic E-state index is 0.108. The molecule has 0 atom stereocenters. The van der Waals surface area contributed by atoms with Crippen LogP contribution in [0.5, 0.6) is 0 Å². The number of ether oxygens (including phenoxy) is 1. The number of esters is 1. The maximum Gasteiger partial charge on any atom is 0.310 e. The number of carbonyl (C=O) groups excluding carboxylic acids is 1. The quantitative estimate of drug-likeness (QED) is 0.617. The summed E-state index contributed by atoms with van der Waals surface area (Å²) in [6.45, 7) is 0. The molecular weight excluding hydrogens is 291 g/mol. The molecule has 1 rings (SSSR count). The van der Waals surface area contributed by atoms with Crippen molar-refractivity contribution in [2.45, 2.75) is 6.42 Å². The zero-order chi connectivity index (χ0) is 10.7. The second kappa shape index (κ2) is 5.01. The van der Waals surface area contributed by atoms with Gasteiger partial charge in [-0.2, -0.15) is 0 Å². The van der Waals surface area contributed by atoms with Gasteiger partial charge < -0.3 is 4.74 Å². The van der Waals surface area contributed by atoms with Crippen LogP contribution in [0.25, 0.3) is 0 Å². The van der Waals surface area contributed by atoms with E-state index in [1.807, 2.05) is 0 Å². The molecule has 5 heteroatoms. The van der Waals surface area contributed by atoms with Crippen LogP contribution >= 0.6 is 39.1 Å². The molecule has 1 aromatic carbocycles. The van der Waals surface area contributed by atoms with Gasteiger partial charge in [-0.25, -0.2) is 0 Å². The Morgan fingerprint density at radius 1 is 1.43 bits per heavy atom.